The van der Waals surface area contributed by atoms with Gasteiger partial charge in [-0.3, -0.25) is 4.79 Å². The first kappa shape index (κ1) is 9.88. The highest BCUT2D eigenvalue weighted by Crippen LogP contribution is 2.39. The number of Topliss-reactive ketones (excluding diaryl/α,β-unsaturated/α-hetero) is 1. The van der Waals surface area contributed by atoms with Gasteiger partial charge in [-0.05, 0) is 37.8 Å². The van der Waals surface area contributed by atoms with Crippen molar-refractivity contribution in [3.63, 3.8) is 0 Å². The van der Waals surface area contributed by atoms with Crippen molar-refractivity contribution in [3.05, 3.63) is 29.8 Å². The first-order valence-corrected chi connectivity index (χ1v) is 6.12. The molecule has 0 radical (unpaired) electrons. The highest BCUT2D eigenvalue weighted by atomic mass is 16.1. The zero-order valence-corrected chi connectivity index (χ0v) is 9.65. The summed E-state index contributed by atoms with van der Waals surface area (Å²) in [6.45, 7) is 2.86. The lowest BCUT2D eigenvalue weighted by atomic mass is 9.83. The molecule has 2 aliphatic rings. The lowest BCUT2D eigenvalue weighted by Gasteiger charge is -2.38. The Balaban J connectivity index is 2.05. The second-order valence-corrected chi connectivity index (χ2v) is 4.95. The molecule has 1 saturated heterocycles. The Morgan fingerprint density at radius 1 is 1.38 bits per heavy atom. The average Bonchev–Trinajstić information content (AvgIpc) is 2.76. The minimum atomic E-state index is 0.220. The van der Waals surface area contributed by atoms with Gasteiger partial charge in [0.1, 0.15) is 5.78 Å². The van der Waals surface area contributed by atoms with Crippen molar-refractivity contribution < 1.29 is 4.79 Å². The Morgan fingerprint density at radius 3 is 3.00 bits per heavy atom. The molecule has 2 nitrogen and oxygen atoms in total. The second kappa shape index (κ2) is 3.62. The number of ketones is 1. The van der Waals surface area contributed by atoms with E-state index >= 15 is 0 Å². The summed E-state index contributed by atoms with van der Waals surface area (Å²) in [6.07, 6.45) is 3.34. The maximum absolute atomic E-state index is 11.7. The molecule has 0 aliphatic carbocycles. The molecular formula is C14H17NO. The van der Waals surface area contributed by atoms with Crippen LogP contribution in [0.15, 0.2) is 24.3 Å². The Labute approximate surface area is 96.3 Å². The summed E-state index contributed by atoms with van der Waals surface area (Å²) < 4.78 is 0. The highest BCUT2D eigenvalue weighted by molar-refractivity contribution is 5.81. The van der Waals surface area contributed by atoms with Crippen LogP contribution >= 0.6 is 0 Å². The number of nitrogens with zero attached hydrogens (tertiary/aromatic N) is 1. The Kier molecular flexibility index (Phi) is 2.23. The SMILES string of the molecule is CC(=O)C1Cc2ccccc2N2CCCC12. The second-order valence-electron chi connectivity index (χ2n) is 4.95. The largest absolute Gasteiger partial charge is 0.368 e. The molecule has 84 valence electrons. The number of hydrogen-bond donors (Lipinski definition) is 0. The fourth-order valence-corrected chi connectivity index (χ4v) is 3.26. The predicted molar refractivity (Wildman–Crippen MR) is 64.7 cm³/mol. The third-order valence-corrected chi connectivity index (χ3v) is 4.03. The van der Waals surface area contributed by atoms with E-state index in [4.69, 9.17) is 0 Å². The number of hydrogen-bond acceptors (Lipinski definition) is 2. The molecule has 0 amide bonds. The van der Waals surface area contributed by atoms with Gasteiger partial charge in [-0.1, -0.05) is 18.2 Å². The zero-order chi connectivity index (χ0) is 11.1. The van der Waals surface area contributed by atoms with Crippen LogP contribution < -0.4 is 4.90 Å². The van der Waals surface area contributed by atoms with Gasteiger partial charge in [0.25, 0.3) is 0 Å². The van der Waals surface area contributed by atoms with Crippen LogP contribution in [0.5, 0.6) is 0 Å². The maximum atomic E-state index is 11.7. The van der Waals surface area contributed by atoms with Crippen molar-refractivity contribution in [1.29, 1.82) is 0 Å². The molecule has 0 saturated carbocycles. The van der Waals surface area contributed by atoms with Crippen LogP contribution in [0.4, 0.5) is 5.69 Å². The molecular weight excluding hydrogens is 198 g/mol. The van der Waals surface area contributed by atoms with Crippen molar-refractivity contribution in [2.75, 3.05) is 11.4 Å². The van der Waals surface area contributed by atoms with E-state index in [1.54, 1.807) is 6.92 Å². The monoisotopic (exact) mass is 215 g/mol. The normalized spacial score (nSPS) is 27.4. The number of para-hydroxylation sites is 1. The third-order valence-electron chi connectivity index (χ3n) is 4.03. The smallest absolute Gasteiger partial charge is 0.135 e. The molecule has 2 aliphatic heterocycles. The summed E-state index contributed by atoms with van der Waals surface area (Å²) in [4.78, 5) is 14.2. The Bertz CT molecular complexity index is 426. The van der Waals surface area contributed by atoms with Crippen LogP contribution in [0, 0.1) is 5.92 Å². The molecule has 0 spiro atoms. The minimum absolute atomic E-state index is 0.220. The molecule has 2 heterocycles. The van der Waals surface area contributed by atoms with Crippen LogP contribution in [0.1, 0.15) is 25.3 Å². The van der Waals surface area contributed by atoms with E-state index in [1.165, 1.54) is 24.1 Å². The summed E-state index contributed by atoms with van der Waals surface area (Å²) >= 11 is 0. The van der Waals surface area contributed by atoms with Crippen LogP contribution in [0.3, 0.4) is 0 Å². The Hall–Kier alpha value is -1.31. The highest BCUT2D eigenvalue weighted by Gasteiger charge is 2.38. The van der Waals surface area contributed by atoms with Crippen LogP contribution in [-0.2, 0) is 11.2 Å². The lowest BCUT2D eigenvalue weighted by Crippen LogP contribution is -2.43. The number of fused-ring (bicyclic) bond motifs is 3. The molecule has 0 bridgehead atoms. The van der Waals surface area contributed by atoms with Gasteiger partial charge in [-0.25, -0.2) is 0 Å². The standard InChI is InChI=1S/C14H17NO/c1-10(16)12-9-11-5-2-3-6-13(11)15-8-4-7-14(12)15/h2-3,5-6,12,14H,4,7-9H2,1H3. The molecule has 0 N–H and O–H groups in total. The first-order chi connectivity index (χ1) is 7.77. The van der Waals surface area contributed by atoms with Gasteiger partial charge >= 0.3 is 0 Å². The van der Waals surface area contributed by atoms with Crippen LogP contribution in [-0.4, -0.2) is 18.4 Å². The number of carbonyl (C=O) groups excluding carboxylic acids is 1. The van der Waals surface area contributed by atoms with Gasteiger partial charge in [0.15, 0.2) is 0 Å². The van der Waals surface area contributed by atoms with E-state index in [-0.39, 0.29) is 5.92 Å². The topological polar surface area (TPSA) is 20.3 Å². The summed E-state index contributed by atoms with van der Waals surface area (Å²) in [5.74, 6) is 0.573. The summed E-state index contributed by atoms with van der Waals surface area (Å²) in [7, 11) is 0. The summed E-state index contributed by atoms with van der Waals surface area (Å²) in [6, 6.07) is 9.01. The van der Waals surface area contributed by atoms with E-state index in [0.717, 1.165) is 13.0 Å². The molecule has 2 atom stereocenters. The molecule has 3 rings (SSSR count). The van der Waals surface area contributed by atoms with E-state index in [0.29, 0.717) is 11.8 Å². The predicted octanol–water partition coefficient (Wildman–Crippen LogP) is 2.42. The number of benzene rings is 1. The van der Waals surface area contributed by atoms with E-state index in [1.807, 2.05) is 0 Å². The zero-order valence-electron chi connectivity index (χ0n) is 9.65. The molecule has 1 aromatic rings. The Morgan fingerprint density at radius 2 is 2.19 bits per heavy atom. The van der Waals surface area contributed by atoms with Crippen molar-refractivity contribution in [2.24, 2.45) is 5.92 Å². The van der Waals surface area contributed by atoms with E-state index in [9.17, 15) is 4.79 Å². The van der Waals surface area contributed by atoms with Crippen LogP contribution in [0.2, 0.25) is 0 Å². The first-order valence-electron chi connectivity index (χ1n) is 6.12. The minimum Gasteiger partial charge on any atom is -0.368 e. The van der Waals surface area contributed by atoms with Crippen LogP contribution in [0.25, 0.3) is 0 Å². The fourth-order valence-electron chi connectivity index (χ4n) is 3.26. The van der Waals surface area contributed by atoms with Gasteiger partial charge in [0.05, 0.1) is 0 Å². The van der Waals surface area contributed by atoms with Crippen molar-refractivity contribution >= 4 is 11.5 Å². The van der Waals surface area contributed by atoms with Gasteiger partial charge < -0.3 is 4.90 Å². The number of carbonyl (C=O) groups is 1. The van der Waals surface area contributed by atoms with Gasteiger partial charge in [-0.15, -0.1) is 0 Å². The third kappa shape index (κ3) is 1.36. The molecule has 0 aromatic heterocycles. The van der Waals surface area contributed by atoms with Crippen molar-refractivity contribution in [2.45, 2.75) is 32.2 Å². The molecule has 2 unspecified atom stereocenters. The molecule has 1 fully saturated rings. The lowest BCUT2D eigenvalue weighted by molar-refractivity contribution is -0.121. The van der Waals surface area contributed by atoms with E-state index < -0.39 is 0 Å². The molecule has 1 aromatic carbocycles. The fraction of sp³-hybridized carbons (Fsp3) is 0.500. The quantitative estimate of drug-likeness (QED) is 0.717. The maximum Gasteiger partial charge on any atom is 0.135 e. The van der Waals surface area contributed by atoms with Crippen molar-refractivity contribution in [1.82, 2.24) is 0 Å². The molecule has 16 heavy (non-hydrogen) atoms. The summed E-state index contributed by atoms with van der Waals surface area (Å²) in [5.41, 5.74) is 2.71. The molecule has 2 heteroatoms. The van der Waals surface area contributed by atoms with Gasteiger partial charge in [0.2, 0.25) is 0 Å². The van der Waals surface area contributed by atoms with Gasteiger partial charge in [0, 0.05) is 24.2 Å². The number of rotatable bonds is 1. The van der Waals surface area contributed by atoms with Gasteiger partial charge in [-0.2, -0.15) is 0 Å². The van der Waals surface area contributed by atoms with Crippen molar-refractivity contribution in [3.8, 4) is 0 Å². The number of anilines is 1. The van der Waals surface area contributed by atoms with E-state index in [2.05, 4.69) is 29.2 Å². The summed E-state index contributed by atoms with van der Waals surface area (Å²) in [5, 5.41) is 0. The average molecular weight is 215 g/mol.